The van der Waals surface area contributed by atoms with E-state index in [-0.39, 0.29) is 5.70 Å². The van der Waals surface area contributed by atoms with Gasteiger partial charge in [-0.3, -0.25) is 0 Å². The molecule has 0 aromatic heterocycles. The lowest BCUT2D eigenvalue weighted by Gasteiger charge is -2.41. The molecule has 226 valence electrons. The van der Waals surface area contributed by atoms with Crippen LogP contribution in [0.1, 0.15) is 37.5 Å². The monoisotopic (exact) mass is 598 g/mol. The topological polar surface area (TPSA) is 72.8 Å². The number of amides is 1. The fourth-order valence-corrected chi connectivity index (χ4v) is 6.70. The van der Waals surface area contributed by atoms with Gasteiger partial charge in [0.15, 0.2) is 5.69 Å². The number of benzene rings is 5. The summed E-state index contributed by atoms with van der Waals surface area (Å²) in [5.74, 6) is 0.714. The Bertz CT molecular complexity index is 2000. The third-order valence-electron chi connectivity index (χ3n) is 8.68. The first-order valence-corrected chi connectivity index (χ1v) is 15.0. The summed E-state index contributed by atoms with van der Waals surface area (Å²) in [5.41, 5.74) is 4.61. The van der Waals surface area contributed by atoms with E-state index < -0.39 is 22.1 Å². The van der Waals surface area contributed by atoms with E-state index in [1.54, 1.807) is 0 Å². The van der Waals surface area contributed by atoms with E-state index in [4.69, 9.17) is 9.47 Å². The van der Waals surface area contributed by atoms with E-state index in [1.807, 2.05) is 137 Å². The highest BCUT2D eigenvalue weighted by atomic mass is 16.5. The van der Waals surface area contributed by atoms with E-state index in [9.17, 15) is 14.7 Å². The third kappa shape index (κ3) is 4.88. The van der Waals surface area contributed by atoms with Crippen molar-refractivity contribution in [3.05, 3.63) is 132 Å². The van der Waals surface area contributed by atoms with Gasteiger partial charge in [-0.1, -0.05) is 78.9 Å². The predicted octanol–water partition coefficient (Wildman–Crippen LogP) is 9.53. The number of methoxy groups -OCH3 is 1. The van der Waals surface area contributed by atoms with Crippen LogP contribution in [0.4, 0.5) is 10.5 Å². The molecular weight excluding hydrogens is 562 g/mol. The number of allylic oxidation sites excluding steroid dienone is 1. The van der Waals surface area contributed by atoms with Crippen LogP contribution in [0.15, 0.2) is 115 Å². The molecule has 1 amide bonds. The maximum Gasteiger partial charge on any atom is 0.524 e. The highest BCUT2D eigenvalue weighted by Gasteiger charge is 2.63. The molecule has 1 aliphatic heterocycles. The van der Waals surface area contributed by atoms with Crippen molar-refractivity contribution < 1.29 is 24.2 Å². The smallest absolute Gasteiger partial charge is 0.462 e. The maximum absolute atomic E-state index is 13.8. The summed E-state index contributed by atoms with van der Waals surface area (Å²) in [5, 5.41) is 13.3. The zero-order valence-corrected chi connectivity index (χ0v) is 26.1. The van der Waals surface area contributed by atoms with Gasteiger partial charge in [0.25, 0.3) is 0 Å². The van der Waals surface area contributed by atoms with Crippen molar-refractivity contribution in [2.45, 2.75) is 39.7 Å². The molecule has 5 aromatic rings. The van der Waals surface area contributed by atoms with Gasteiger partial charge in [-0.05, 0) is 80.1 Å². The Morgan fingerprint density at radius 3 is 2.16 bits per heavy atom. The van der Waals surface area contributed by atoms with Gasteiger partial charge in [0.1, 0.15) is 17.0 Å². The number of hydrogen-bond donors (Lipinski definition) is 1. The van der Waals surface area contributed by atoms with Crippen LogP contribution < -0.4 is 9.22 Å². The number of para-hydroxylation sites is 1. The largest absolute Gasteiger partial charge is 0.524 e. The molecule has 1 heterocycles. The summed E-state index contributed by atoms with van der Waals surface area (Å²) < 4.78 is 11.0. The summed E-state index contributed by atoms with van der Waals surface area (Å²) in [6.45, 7) is 7.56. The number of carbonyl (C=O) groups is 2. The molecule has 0 aliphatic carbocycles. The fraction of sp³-hybridized carbons (Fsp3) is 0.179. The molecule has 0 bridgehead atoms. The van der Waals surface area contributed by atoms with E-state index in [0.717, 1.165) is 38.8 Å². The van der Waals surface area contributed by atoms with Crippen LogP contribution in [-0.4, -0.2) is 29.8 Å². The molecular formula is C39H36NO5+. The minimum absolute atomic E-state index is 0.105. The molecule has 6 heteroatoms. The zero-order valence-electron chi connectivity index (χ0n) is 26.1. The van der Waals surface area contributed by atoms with Crippen molar-refractivity contribution >= 4 is 34.1 Å². The molecule has 1 unspecified atom stereocenters. The van der Waals surface area contributed by atoms with Crippen molar-refractivity contribution in [2.75, 3.05) is 7.11 Å². The Kier molecular flexibility index (Phi) is 7.55. The predicted molar refractivity (Wildman–Crippen MR) is 179 cm³/mol. The number of ether oxygens (including phenoxy) is 2. The van der Waals surface area contributed by atoms with E-state index in [2.05, 4.69) is 0 Å². The number of fused-ring (bicyclic) bond motifs is 2. The normalized spacial score (nSPS) is 16.0. The molecule has 1 N–H and O–H groups in total. The van der Waals surface area contributed by atoms with Crippen LogP contribution in [0.3, 0.4) is 0 Å². The fourth-order valence-electron chi connectivity index (χ4n) is 6.70. The zero-order chi connectivity index (χ0) is 31.9. The molecule has 0 fully saturated rings. The number of hydrogen-bond acceptors (Lipinski definition) is 4. The van der Waals surface area contributed by atoms with Crippen molar-refractivity contribution in [1.82, 2.24) is 4.48 Å². The van der Waals surface area contributed by atoms with Gasteiger partial charge in [-0.15, -0.1) is 4.48 Å². The lowest BCUT2D eigenvalue weighted by atomic mass is 9.91. The first kappa shape index (κ1) is 29.9. The van der Waals surface area contributed by atoms with Gasteiger partial charge < -0.3 is 14.6 Å². The Morgan fingerprint density at radius 2 is 1.42 bits per heavy atom. The van der Waals surface area contributed by atoms with Gasteiger partial charge in [0, 0.05) is 28.5 Å². The Hall–Kier alpha value is -5.20. The number of aryl methyl sites for hydroxylation is 1. The summed E-state index contributed by atoms with van der Waals surface area (Å²) in [7, 11) is 1.30. The first-order chi connectivity index (χ1) is 21.6. The molecule has 0 radical (unpaired) electrons. The molecule has 6 rings (SSSR count). The minimum atomic E-state index is -1.15. The van der Waals surface area contributed by atoms with Crippen LogP contribution in [0.2, 0.25) is 0 Å². The van der Waals surface area contributed by atoms with Gasteiger partial charge in [-0.25, -0.2) is 4.79 Å². The first-order valence-electron chi connectivity index (χ1n) is 15.0. The van der Waals surface area contributed by atoms with Crippen molar-refractivity contribution in [2.24, 2.45) is 0 Å². The highest BCUT2D eigenvalue weighted by Crippen LogP contribution is 2.55. The number of nitrogens with zero attached hydrogens (tertiary/aromatic N) is 1. The van der Waals surface area contributed by atoms with Gasteiger partial charge >= 0.3 is 12.1 Å². The van der Waals surface area contributed by atoms with Crippen molar-refractivity contribution in [3.63, 3.8) is 0 Å². The Balaban J connectivity index is 1.55. The number of esters is 1. The molecule has 45 heavy (non-hydrogen) atoms. The van der Waals surface area contributed by atoms with Crippen molar-refractivity contribution in [3.8, 4) is 22.6 Å². The van der Waals surface area contributed by atoms with Gasteiger partial charge in [-0.2, -0.15) is 4.79 Å². The summed E-state index contributed by atoms with van der Waals surface area (Å²) >= 11 is 0. The highest BCUT2D eigenvalue weighted by molar-refractivity contribution is 6.14. The number of quaternary nitrogens is 1. The Labute approximate surface area is 263 Å². The van der Waals surface area contributed by atoms with E-state index >= 15 is 0 Å². The second-order valence-electron chi connectivity index (χ2n) is 12.4. The average molecular weight is 599 g/mol. The van der Waals surface area contributed by atoms with Crippen LogP contribution in [-0.2, 0) is 16.0 Å². The van der Waals surface area contributed by atoms with Crippen LogP contribution in [0.5, 0.6) is 11.5 Å². The van der Waals surface area contributed by atoms with Gasteiger partial charge in [0.2, 0.25) is 5.70 Å². The molecule has 1 aliphatic rings. The van der Waals surface area contributed by atoms with Crippen molar-refractivity contribution in [1.29, 1.82) is 0 Å². The second kappa shape index (κ2) is 11.4. The number of carbonyl (C=O) groups excluding carboxylic acids is 1. The lowest BCUT2D eigenvalue weighted by Crippen LogP contribution is -2.64. The van der Waals surface area contributed by atoms with Gasteiger partial charge in [0.05, 0.1) is 7.11 Å². The number of rotatable bonds is 6. The van der Waals surface area contributed by atoms with E-state index in [1.165, 1.54) is 7.11 Å². The van der Waals surface area contributed by atoms with Crippen LogP contribution in [0.25, 0.3) is 27.5 Å². The molecule has 0 saturated carbocycles. The minimum Gasteiger partial charge on any atom is -0.462 e. The lowest BCUT2D eigenvalue weighted by molar-refractivity contribution is -0.138. The SMILES string of the molecule is COC(=O)C1=C(Cc2cccc(Oc3cccc4ccccc34)c2)c2cccc(-c3ccccc3C)c2[N+]1(C(=O)O)C(C)(C)C. The average Bonchev–Trinajstić information content (AvgIpc) is 3.33. The Morgan fingerprint density at radius 1 is 0.778 bits per heavy atom. The van der Waals surface area contributed by atoms with Crippen LogP contribution in [0, 0.1) is 6.92 Å². The van der Waals surface area contributed by atoms with Crippen LogP contribution >= 0.6 is 0 Å². The molecule has 0 spiro atoms. The second-order valence-corrected chi connectivity index (χ2v) is 12.4. The standard InChI is InChI=1S/C39H35NO5/c1-25-13-6-8-18-29(25)31-20-12-21-32-33(36(37(41)44-5)40(35(31)32,38(42)43)39(2,3)4)24-26-14-10-17-28(23-26)45-34-22-11-16-27-15-7-9-19-30(27)34/h6-23H,24H2,1-5H3/p+1. The summed E-state index contributed by atoms with van der Waals surface area (Å²) in [4.78, 5) is 27.5. The molecule has 6 nitrogen and oxygen atoms in total. The van der Waals surface area contributed by atoms with E-state index in [0.29, 0.717) is 29.0 Å². The molecule has 5 aromatic carbocycles. The molecule has 1 atom stereocenters. The molecule has 0 saturated heterocycles. The quantitative estimate of drug-likeness (QED) is 0.156. The third-order valence-corrected chi connectivity index (χ3v) is 8.68. The summed E-state index contributed by atoms with van der Waals surface area (Å²) in [6, 6.07) is 35.4. The maximum atomic E-state index is 13.8. The summed E-state index contributed by atoms with van der Waals surface area (Å²) in [6.07, 6.45) is -0.849. The number of carboxylic acid groups (broad SMARTS) is 1.